The van der Waals surface area contributed by atoms with Gasteiger partial charge in [0.05, 0.1) is 6.61 Å². The second-order valence-corrected chi connectivity index (χ2v) is 5.53. The summed E-state index contributed by atoms with van der Waals surface area (Å²) in [7, 11) is 4.16. The van der Waals surface area contributed by atoms with E-state index in [0.29, 0.717) is 5.56 Å². The SMILES string of the molecule is CN(C)CCN1CCN(c2cccc(F)c2CO)CC1. The lowest BCUT2D eigenvalue weighted by Crippen LogP contribution is -2.48. The Kier molecular flexibility index (Phi) is 5.34. The third kappa shape index (κ3) is 3.69. The molecule has 1 heterocycles. The number of anilines is 1. The van der Waals surface area contributed by atoms with Gasteiger partial charge in [-0.25, -0.2) is 4.39 Å². The van der Waals surface area contributed by atoms with Crippen LogP contribution in [0.1, 0.15) is 5.56 Å². The fraction of sp³-hybridized carbons (Fsp3) is 0.600. The van der Waals surface area contributed by atoms with Gasteiger partial charge in [0.1, 0.15) is 5.82 Å². The van der Waals surface area contributed by atoms with Crippen LogP contribution in [0, 0.1) is 5.82 Å². The first-order valence-electron chi connectivity index (χ1n) is 7.12. The number of aliphatic hydroxyl groups is 1. The molecule has 0 unspecified atom stereocenters. The monoisotopic (exact) mass is 281 g/mol. The Morgan fingerprint density at radius 2 is 1.90 bits per heavy atom. The van der Waals surface area contributed by atoms with Gasteiger partial charge in [-0.1, -0.05) is 6.07 Å². The van der Waals surface area contributed by atoms with Crippen molar-refractivity contribution in [1.82, 2.24) is 9.80 Å². The van der Waals surface area contributed by atoms with Crippen molar-refractivity contribution in [2.45, 2.75) is 6.61 Å². The van der Waals surface area contributed by atoms with Gasteiger partial charge in [-0.3, -0.25) is 4.90 Å². The zero-order valence-corrected chi connectivity index (χ0v) is 12.3. The molecule has 0 saturated carbocycles. The molecule has 1 saturated heterocycles. The van der Waals surface area contributed by atoms with Crippen molar-refractivity contribution in [2.24, 2.45) is 0 Å². The minimum Gasteiger partial charge on any atom is -0.391 e. The van der Waals surface area contributed by atoms with Crippen LogP contribution in [0.15, 0.2) is 18.2 Å². The van der Waals surface area contributed by atoms with E-state index in [1.54, 1.807) is 6.07 Å². The molecule has 0 aromatic heterocycles. The molecule has 0 radical (unpaired) electrons. The topological polar surface area (TPSA) is 30.0 Å². The van der Waals surface area contributed by atoms with Crippen LogP contribution >= 0.6 is 0 Å². The lowest BCUT2D eigenvalue weighted by atomic mass is 10.1. The van der Waals surface area contributed by atoms with Crippen LogP contribution in [-0.2, 0) is 6.61 Å². The van der Waals surface area contributed by atoms with E-state index in [0.717, 1.165) is 45.0 Å². The zero-order chi connectivity index (χ0) is 14.5. The van der Waals surface area contributed by atoms with Gasteiger partial charge in [-0.05, 0) is 26.2 Å². The maximum absolute atomic E-state index is 13.7. The van der Waals surface area contributed by atoms with Crippen molar-refractivity contribution in [3.05, 3.63) is 29.6 Å². The normalized spacial score (nSPS) is 16.9. The summed E-state index contributed by atoms with van der Waals surface area (Å²) in [5, 5.41) is 9.34. The van der Waals surface area contributed by atoms with Crippen LogP contribution in [0.5, 0.6) is 0 Å². The van der Waals surface area contributed by atoms with E-state index in [-0.39, 0.29) is 12.4 Å². The van der Waals surface area contributed by atoms with Gasteiger partial charge in [-0.2, -0.15) is 0 Å². The minimum absolute atomic E-state index is 0.247. The smallest absolute Gasteiger partial charge is 0.130 e. The first-order chi connectivity index (χ1) is 9.61. The summed E-state index contributed by atoms with van der Waals surface area (Å²) in [5.41, 5.74) is 1.24. The van der Waals surface area contributed by atoms with Crippen molar-refractivity contribution >= 4 is 5.69 Å². The summed E-state index contributed by atoms with van der Waals surface area (Å²) in [4.78, 5) is 6.78. The number of nitrogens with zero attached hydrogens (tertiary/aromatic N) is 3. The van der Waals surface area contributed by atoms with Crippen molar-refractivity contribution in [3.63, 3.8) is 0 Å². The number of likely N-dealkylation sites (N-methyl/N-ethyl adjacent to an activating group) is 1. The Morgan fingerprint density at radius 3 is 2.50 bits per heavy atom. The Morgan fingerprint density at radius 1 is 1.20 bits per heavy atom. The Bertz CT molecular complexity index is 431. The van der Waals surface area contributed by atoms with Gasteiger partial charge in [0.2, 0.25) is 0 Å². The van der Waals surface area contributed by atoms with Crippen LogP contribution in [0.25, 0.3) is 0 Å². The summed E-state index contributed by atoms with van der Waals surface area (Å²) >= 11 is 0. The Labute approximate surface area is 120 Å². The van der Waals surface area contributed by atoms with Gasteiger partial charge in [-0.15, -0.1) is 0 Å². The maximum Gasteiger partial charge on any atom is 0.130 e. The molecule has 0 amide bonds. The van der Waals surface area contributed by atoms with E-state index in [1.165, 1.54) is 6.07 Å². The number of aliphatic hydroxyl groups excluding tert-OH is 1. The lowest BCUT2D eigenvalue weighted by molar-refractivity contribution is 0.228. The van der Waals surface area contributed by atoms with Crippen molar-refractivity contribution in [2.75, 3.05) is 58.3 Å². The molecule has 1 aliphatic heterocycles. The summed E-state index contributed by atoms with van der Waals surface area (Å²) in [5.74, 6) is -0.319. The van der Waals surface area contributed by atoms with Gasteiger partial charge in [0.15, 0.2) is 0 Å². The molecule has 5 heteroatoms. The second-order valence-electron chi connectivity index (χ2n) is 5.53. The lowest BCUT2D eigenvalue weighted by Gasteiger charge is -2.37. The van der Waals surface area contributed by atoms with Crippen molar-refractivity contribution in [1.29, 1.82) is 0 Å². The van der Waals surface area contributed by atoms with Crippen LogP contribution in [0.4, 0.5) is 10.1 Å². The molecule has 1 aromatic rings. The fourth-order valence-electron chi connectivity index (χ4n) is 2.55. The summed E-state index contributed by atoms with van der Waals surface area (Å²) in [6.07, 6.45) is 0. The van der Waals surface area contributed by atoms with Gasteiger partial charge in [0, 0.05) is 50.5 Å². The average molecular weight is 281 g/mol. The molecule has 1 aliphatic rings. The van der Waals surface area contributed by atoms with Gasteiger partial charge in [0.25, 0.3) is 0 Å². The molecular formula is C15H24FN3O. The highest BCUT2D eigenvalue weighted by molar-refractivity contribution is 5.54. The van der Waals surface area contributed by atoms with E-state index >= 15 is 0 Å². The highest BCUT2D eigenvalue weighted by Gasteiger charge is 2.20. The van der Waals surface area contributed by atoms with Crippen LogP contribution < -0.4 is 4.90 Å². The van der Waals surface area contributed by atoms with Crippen molar-refractivity contribution in [3.8, 4) is 0 Å². The van der Waals surface area contributed by atoms with Crippen LogP contribution in [0.2, 0.25) is 0 Å². The van der Waals surface area contributed by atoms with Crippen molar-refractivity contribution < 1.29 is 9.50 Å². The Hall–Kier alpha value is -1.17. The summed E-state index contributed by atoms with van der Waals surface area (Å²) in [6.45, 7) is 5.60. The van der Waals surface area contributed by atoms with E-state index < -0.39 is 0 Å². The molecule has 20 heavy (non-hydrogen) atoms. The predicted octanol–water partition coefficient (Wildman–Crippen LogP) is 1.00. The first-order valence-corrected chi connectivity index (χ1v) is 7.12. The number of halogens is 1. The standard InChI is InChI=1S/C15H24FN3O/c1-17(2)6-7-18-8-10-19(11-9-18)15-5-3-4-14(16)13(15)12-20/h3-5,20H,6-12H2,1-2H3. The molecule has 0 spiro atoms. The number of benzene rings is 1. The third-order valence-corrected chi connectivity index (χ3v) is 3.83. The molecule has 1 aromatic carbocycles. The highest BCUT2D eigenvalue weighted by Crippen LogP contribution is 2.24. The quantitative estimate of drug-likeness (QED) is 0.872. The van der Waals surface area contributed by atoms with E-state index in [2.05, 4.69) is 28.8 Å². The molecule has 0 atom stereocenters. The van der Waals surface area contributed by atoms with E-state index in [4.69, 9.17) is 0 Å². The highest BCUT2D eigenvalue weighted by atomic mass is 19.1. The van der Waals surface area contributed by atoms with Crippen LogP contribution in [0.3, 0.4) is 0 Å². The number of hydrogen-bond acceptors (Lipinski definition) is 4. The zero-order valence-electron chi connectivity index (χ0n) is 12.3. The molecule has 112 valence electrons. The molecule has 4 nitrogen and oxygen atoms in total. The molecule has 2 rings (SSSR count). The first kappa shape index (κ1) is 15.2. The molecular weight excluding hydrogens is 257 g/mol. The molecule has 0 aliphatic carbocycles. The number of piperazine rings is 1. The second kappa shape index (κ2) is 7.02. The predicted molar refractivity (Wildman–Crippen MR) is 79.5 cm³/mol. The third-order valence-electron chi connectivity index (χ3n) is 3.83. The van der Waals surface area contributed by atoms with Gasteiger partial charge < -0.3 is 14.9 Å². The molecule has 0 bridgehead atoms. The maximum atomic E-state index is 13.7. The van der Waals surface area contributed by atoms with Crippen LogP contribution in [-0.4, -0.2) is 68.3 Å². The number of hydrogen-bond donors (Lipinski definition) is 1. The largest absolute Gasteiger partial charge is 0.391 e. The van der Waals surface area contributed by atoms with E-state index in [1.807, 2.05) is 6.07 Å². The summed E-state index contributed by atoms with van der Waals surface area (Å²) in [6, 6.07) is 5.01. The fourth-order valence-corrected chi connectivity index (χ4v) is 2.55. The minimum atomic E-state index is -0.319. The average Bonchev–Trinajstić information content (AvgIpc) is 2.45. The molecule has 1 N–H and O–H groups in total. The van der Waals surface area contributed by atoms with Gasteiger partial charge >= 0.3 is 0 Å². The summed E-state index contributed by atoms with van der Waals surface area (Å²) < 4.78 is 13.7. The molecule has 1 fully saturated rings. The van der Waals surface area contributed by atoms with E-state index in [9.17, 15) is 9.50 Å². The number of rotatable bonds is 5. The Balaban J connectivity index is 1.95.